The fourth-order valence-corrected chi connectivity index (χ4v) is 3.04. The van der Waals surface area contributed by atoms with Gasteiger partial charge in [-0.2, -0.15) is 0 Å². The van der Waals surface area contributed by atoms with Crippen molar-refractivity contribution in [2.24, 2.45) is 0 Å². The van der Waals surface area contributed by atoms with Crippen LogP contribution in [0.25, 0.3) is 0 Å². The highest BCUT2D eigenvalue weighted by Crippen LogP contribution is 2.35. The molecular formula is C16H20N2O3. The van der Waals surface area contributed by atoms with Crippen LogP contribution in [0.1, 0.15) is 24.3 Å². The van der Waals surface area contributed by atoms with Gasteiger partial charge in [-0.3, -0.25) is 9.59 Å². The van der Waals surface area contributed by atoms with Crippen LogP contribution in [0.4, 0.5) is 0 Å². The molecule has 5 nitrogen and oxygen atoms in total. The van der Waals surface area contributed by atoms with Crippen molar-refractivity contribution >= 4 is 12.3 Å². The van der Waals surface area contributed by atoms with Gasteiger partial charge in [-0.05, 0) is 24.0 Å². The van der Waals surface area contributed by atoms with E-state index in [1.54, 1.807) is 4.90 Å². The number of benzene rings is 1. The Hall–Kier alpha value is -2.04. The molecule has 2 heterocycles. The average Bonchev–Trinajstić information content (AvgIpc) is 2.55. The minimum Gasteiger partial charge on any atom is -0.493 e. The van der Waals surface area contributed by atoms with Crippen molar-refractivity contribution in [3.63, 3.8) is 0 Å². The van der Waals surface area contributed by atoms with E-state index < -0.39 is 0 Å². The summed E-state index contributed by atoms with van der Waals surface area (Å²) in [4.78, 5) is 26.7. The molecule has 1 saturated heterocycles. The first-order valence-electron chi connectivity index (χ1n) is 7.47. The predicted molar refractivity (Wildman–Crippen MR) is 78.1 cm³/mol. The summed E-state index contributed by atoms with van der Waals surface area (Å²) in [5, 5.41) is 0. The Bertz CT molecular complexity index is 524. The molecule has 0 bridgehead atoms. The SMILES string of the molecule is O=CN1CCN(C(=O)CC2CCOc3ccccc32)CC1. The zero-order valence-electron chi connectivity index (χ0n) is 12.0. The zero-order chi connectivity index (χ0) is 14.7. The van der Waals surface area contributed by atoms with Crippen LogP contribution >= 0.6 is 0 Å². The lowest BCUT2D eigenvalue weighted by Gasteiger charge is -2.34. The van der Waals surface area contributed by atoms with Crippen LogP contribution in [0.15, 0.2) is 24.3 Å². The van der Waals surface area contributed by atoms with Gasteiger partial charge in [0, 0.05) is 32.6 Å². The van der Waals surface area contributed by atoms with E-state index in [4.69, 9.17) is 4.74 Å². The Balaban J connectivity index is 1.62. The molecule has 1 fully saturated rings. The molecule has 1 atom stereocenters. The van der Waals surface area contributed by atoms with Crippen molar-refractivity contribution in [3.05, 3.63) is 29.8 Å². The molecule has 2 aliphatic heterocycles. The van der Waals surface area contributed by atoms with Gasteiger partial charge in [0.25, 0.3) is 0 Å². The monoisotopic (exact) mass is 288 g/mol. The molecule has 2 aliphatic rings. The molecular weight excluding hydrogens is 268 g/mol. The van der Waals surface area contributed by atoms with Crippen molar-refractivity contribution in [1.82, 2.24) is 9.80 Å². The van der Waals surface area contributed by atoms with E-state index in [0.717, 1.165) is 24.1 Å². The Kier molecular flexibility index (Phi) is 4.08. The maximum atomic E-state index is 12.4. The Morgan fingerprint density at radius 3 is 2.76 bits per heavy atom. The Morgan fingerprint density at radius 2 is 2.00 bits per heavy atom. The van der Waals surface area contributed by atoms with Crippen molar-refractivity contribution in [2.75, 3.05) is 32.8 Å². The summed E-state index contributed by atoms with van der Waals surface area (Å²) in [6.45, 7) is 3.23. The summed E-state index contributed by atoms with van der Waals surface area (Å²) < 4.78 is 5.64. The van der Waals surface area contributed by atoms with E-state index in [9.17, 15) is 9.59 Å². The molecule has 0 aliphatic carbocycles. The molecule has 3 rings (SSSR count). The Labute approximate surface area is 124 Å². The second-order valence-electron chi connectivity index (χ2n) is 5.60. The van der Waals surface area contributed by atoms with Crippen molar-refractivity contribution < 1.29 is 14.3 Å². The minimum atomic E-state index is 0.183. The van der Waals surface area contributed by atoms with Crippen LogP contribution < -0.4 is 4.74 Å². The van der Waals surface area contributed by atoms with Gasteiger partial charge in [-0.15, -0.1) is 0 Å². The predicted octanol–water partition coefficient (Wildman–Crippen LogP) is 1.24. The average molecular weight is 288 g/mol. The van der Waals surface area contributed by atoms with Gasteiger partial charge in [0.05, 0.1) is 6.61 Å². The van der Waals surface area contributed by atoms with Gasteiger partial charge in [0.2, 0.25) is 12.3 Å². The molecule has 1 aromatic carbocycles. The van der Waals surface area contributed by atoms with E-state index in [0.29, 0.717) is 39.2 Å². The maximum absolute atomic E-state index is 12.4. The fraction of sp³-hybridized carbons (Fsp3) is 0.500. The minimum absolute atomic E-state index is 0.183. The number of rotatable bonds is 3. The molecule has 2 amide bonds. The highest BCUT2D eigenvalue weighted by Gasteiger charge is 2.27. The summed E-state index contributed by atoms with van der Waals surface area (Å²) in [5.74, 6) is 1.33. The number of ether oxygens (including phenoxy) is 1. The molecule has 0 spiro atoms. The van der Waals surface area contributed by atoms with Gasteiger partial charge >= 0.3 is 0 Å². The largest absolute Gasteiger partial charge is 0.493 e. The summed E-state index contributed by atoms with van der Waals surface area (Å²) in [6, 6.07) is 7.97. The highest BCUT2D eigenvalue weighted by molar-refractivity contribution is 5.77. The summed E-state index contributed by atoms with van der Waals surface area (Å²) in [6.07, 6.45) is 2.27. The van der Waals surface area contributed by atoms with Gasteiger partial charge in [-0.1, -0.05) is 18.2 Å². The Morgan fingerprint density at radius 1 is 1.24 bits per heavy atom. The smallest absolute Gasteiger partial charge is 0.223 e. The molecule has 0 radical (unpaired) electrons. The summed E-state index contributed by atoms with van der Waals surface area (Å²) in [5.41, 5.74) is 1.14. The number of hydrogen-bond acceptors (Lipinski definition) is 3. The number of nitrogens with zero attached hydrogens (tertiary/aromatic N) is 2. The van der Waals surface area contributed by atoms with Gasteiger partial charge in [0.15, 0.2) is 0 Å². The van der Waals surface area contributed by atoms with Crippen molar-refractivity contribution in [3.8, 4) is 5.75 Å². The van der Waals surface area contributed by atoms with Crippen LogP contribution in [0.5, 0.6) is 5.75 Å². The van der Waals surface area contributed by atoms with E-state index in [-0.39, 0.29) is 11.8 Å². The van der Waals surface area contributed by atoms with Gasteiger partial charge in [0.1, 0.15) is 5.75 Å². The van der Waals surface area contributed by atoms with Crippen molar-refractivity contribution in [1.29, 1.82) is 0 Å². The number of piperazine rings is 1. The summed E-state index contributed by atoms with van der Waals surface area (Å²) >= 11 is 0. The molecule has 0 saturated carbocycles. The lowest BCUT2D eigenvalue weighted by Crippen LogP contribution is -2.48. The second-order valence-corrected chi connectivity index (χ2v) is 5.60. The quantitative estimate of drug-likeness (QED) is 0.786. The van der Waals surface area contributed by atoms with E-state index in [1.165, 1.54) is 0 Å². The lowest BCUT2D eigenvalue weighted by molar-refractivity contribution is -0.135. The van der Waals surface area contributed by atoms with Crippen LogP contribution in [0.2, 0.25) is 0 Å². The number of amides is 2. The standard InChI is InChI=1S/C16H20N2O3/c19-12-17-6-8-18(9-7-17)16(20)11-13-5-10-21-15-4-2-1-3-14(13)15/h1-4,12-13H,5-11H2. The number of hydrogen-bond donors (Lipinski definition) is 0. The van der Waals surface area contributed by atoms with Crippen LogP contribution in [0.3, 0.4) is 0 Å². The third kappa shape index (κ3) is 3.01. The number of para-hydroxylation sites is 1. The first-order chi connectivity index (χ1) is 10.3. The van der Waals surface area contributed by atoms with E-state index in [2.05, 4.69) is 6.07 Å². The number of carbonyl (C=O) groups is 2. The van der Waals surface area contributed by atoms with Crippen molar-refractivity contribution in [2.45, 2.75) is 18.8 Å². The van der Waals surface area contributed by atoms with Crippen LogP contribution in [0, 0.1) is 0 Å². The molecule has 1 aromatic rings. The number of carbonyl (C=O) groups excluding carboxylic acids is 2. The second kappa shape index (κ2) is 6.16. The lowest BCUT2D eigenvalue weighted by atomic mass is 9.90. The zero-order valence-corrected chi connectivity index (χ0v) is 12.0. The molecule has 21 heavy (non-hydrogen) atoms. The topological polar surface area (TPSA) is 49.9 Å². The maximum Gasteiger partial charge on any atom is 0.223 e. The van der Waals surface area contributed by atoms with Crippen LogP contribution in [-0.2, 0) is 9.59 Å². The third-order valence-corrected chi connectivity index (χ3v) is 4.32. The summed E-state index contributed by atoms with van der Waals surface area (Å²) in [7, 11) is 0. The van der Waals surface area contributed by atoms with Gasteiger partial charge in [-0.25, -0.2) is 0 Å². The molecule has 1 unspecified atom stereocenters. The first-order valence-corrected chi connectivity index (χ1v) is 7.47. The fourth-order valence-electron chi connectivity index (χ4n) is 3.04. The first kappa shape index (κ1) is 13.9. The van der Waals surface area contributed by atoms with Gasteiger partial charge < -0.3 is 14.5 Å². The molecule has 5 heteroatoms. The molecule has 112 valence electrons. The third-order valence-electron chi connectivity index (χ3n) is 4.32. The highest BCUT2D eigenvalue weighted by atomic mass is 16.5. The molecule has 0 aromatic heterocycles. The normalized spacial score (nSPS) is 21.4. The number of fused-ring (bicyclic) bond motifs is 1. The molecule has 0 N–H and O–H groups in total. The van der Waals surface area contributed by atoms with E-state index in [1.807, 2.05) is 23.1 Å². The van der Waals surface area contributed by atoms with E-state index >= 15 is 0 Å². The van der Waals surface area contributed by atoms with Crippen LogP contribution in [-0.4, -0.2) is 54.9 Å².